The smallest absolute Gasteiger partial charge is 0.152 e. The van der Waals surface area contributed by atoms with Crippen LogP contribution in [-0.4, -0.2) is 16.0 Å². The van der Waals surface area contributed by atoms with Gasteiger partial charge in [-0.2, -0.15) is 5.10 Å². The summed E-state index contributed by atoms with van der Waals surface area (Å²) in [4.78, 5) is 1.24. The summed E-state index contributed by atoms with van der Waals surface area (Å²) in [6.45, 7) is 2.05. The summed E-state index contributed by atoms with van der Waals surface area (Å²) in [5, 5.41) is 7.70. The molecular formula is C13H18N4S. The second-order valence-electron chi connectivity index (χ2n) is 4.04. The lowest BCUT2D eigenvalue weighted by atomic mass is 10.3. The average Bonchev–Trinajstić information content (AvgIpc) is 2.67. The van der Waals surface area contributed by atoms with Crippen LogP contribution in [0.5, 0.6) is 0 Å². The molecule has 18 heavy (non-hydrogen) atoms. The van der Waals surface area contributed by atoms with Crippen molar-refractivity contribution in [2.24, 2.45) is 7.05 Å². The molecule has 0 radical (unpaired) electrons. The normalized spacial score (nSPS) is 10.6. The van der Waals surface area contributed by atoms with Gasteiger partial charge in [0, 0.05) is 17.6 Å². The van der Waals surface area contributed by atoms with Crippen LogP contribution in [0, 0.1) is 0 Å². The standard InChI is InChI=1S/C13H18N4S/c1-4-11-12(14)13(17(2)16-11)15-9-5-7-10(18-3)8-6-9/h5-8,15H,4,14H2,1-3H3. The van der Waals surface area contributed by atoms with E-state index < -0.39 is 0 Å². The van der Waals surface area contributed by atoms with Gasteiger partial charge in [-0.3, -0.25) is 4.68 Å². The maximum Gasteiger partial charge on any atom is 0.152 e. The Labute approximate surface area is 112 Å². The lowest BCUT2D eigenvalue weighted by Crippen LogP contribution is -2.01. The first-order chi connectivity index (χ1) is 8.65. The van der Waals surface area contributed by atoms with Gasteiger partial charge < -0.3 is 11.1 Å². The third-order valence-corrected chi connectivity index (χ3v) is 3.59. The molecule has 0 fully saturated rings. The lowest BCUT2D eigenvalue weighted by Gasteiger charge is -2.08. The van der Waals surface area contributed by atoms with Crippen LogP contribution in [-0.2, 0) is 13.5 Å². The van der Waals surface area contributed by atoms with Gasteiger partial charge in [0.25, 0.3) is 0 Å². The number of anilines is 3. The van der Waals surface area contributed by atoms with Crippen molar-refractivity contribution in [3.63, 3.8) is 0 Å². The fourth-order valence-electron chi connectivity index (χ4n) is 1.82. The molecule has 5 heteroatoms. The van der Waals surface area contributed by atoms with E-state index in [-0.39, 0.29) is 0 Å². The van der Waals surface area contributed by atoms with Crippen molar-refractivity contribution in [1.29, 1.82) is 0 Å². The molecule has 0 saturated heterocycles. The number of nitrogens with two attached hydrogens (primary N) is 1. The minimum atomic E-state index is 0.731. The summed E-state index contributed by atoms with van der Waals surface area (Å²) >= 11 is 1.73. The van der Waals surface area contributed by atoms with Gasteiger partial charge in [-0.05, 0) is 36.9 Å². The number of nitrogens with zero attached hydrogens (tertiary/aromatic N) is 2. The second kappa shape index (κ2) is 5.35. The molecule has 0 bridgehead atoms. The predicted molar refractivity (Wildman–Crippen MR) is 78.5 cm³/mol. The van der Waals surface area contributed by atoms with Crippen molar-refractivity contribution in [3.05, 3.63) is 30.0 Å². The number of thioether (sulfide) groups is 1. The fraction of sp³-hybridized carbons (Fsp3) is 0.308. The molecular weight excluding hydrogens is 244 g/mol. The molecule has 0 aliphatic heterocycles. The number of hydrogen-bond acceptors (Lipinski definition) is 4. The maximum absolute atomic E-state index is 6.07. The Morgan fingerprint density at radius 1 is 1.33 bits per heavy atom. The van der Waals surface area contributed by atoms with Gasteiger partial charge in [-0.15, -0.1) is 11.8 Å². The second-order valence-corrected chi connectivity index (χ2v) is 4.92. The lowest BCUT2D eigenvalue weighted by molar-refractivity contribution is 0.753. The number of nitrogen functional groups attached to an aromatic ring is 1. The van der Waals surface area contributed by atoms with Crippen LogP contribution >= 0.6 is 11.8 Å². The van der Waals surface area contributed by atoms with Crippen LogP contribution in [0.15, 0.2) is 29.2 Å². The minimum absolute atomic E-state index is 0.731. The molecule has 0 saturated carbocycles. The SMILES string of the molecule is CCc1nn(C)c(Nc2ccc(SC)cc2)c1N. The van der Waals surface area contributed by atoms with Crippen LogP contribution < -0.4 is 11.1 Å². The first-order valence-corrected chi connectivity index (χ1v) is 7.10. The van der Waals surface area contributed by atoms with Crippen LogP contribution in [0.1, 0.15) is 12.6 Å². The highest BCUT2D eigenvalue weighted by Crippen LogP contribution is 2.27. The van der Waals surface area contributed by atoms with Crippen molar-refractivity contribution in [3.8, 4) is 0 Å². The quantitative estimate of drug-likeness (QED) is 0.832. The Hall–Kier alpha value is -1.62. The molecule has 0 amide bonds. The zero-order valence-corrected chi connectivity index (χ0v) is 11.7. The van der Waals surface area contributed by atoms with Crippen LogP contribution in [0.4, 0.5) is 17.2 Å². The van der Waals surface area contributed by atoms with E-state index in [1.807, 2.05) is 19.2 Å². The molecule has 0 aliphatic carbocycles. The van der Waals surface area contributed by atoms with E-state index >= 15 is 0 Å². The molecule has 0 unspecified atom stereocenters. The molecule has 0 atom stereocenters. The Morgan fingerprint density at radius 2 is 2.00 bits per heavy atom. The molecule has 2 aromatic rings. The van der Waals surface area contributed by atoms with Gasteiger partial charge in [0.2, 0.25) is 0 Å². The Bertz CT molecular complexity index is 531. The van der Waals surface area contributed by atoms with E-state index in [9.17, 15) is 0 Å². The number of nitrogens with one attached hydrogen (secondary N) is 1. The molecule has 1 heterocycles. The Balaban J connectivity index is 2.25. The predicted octanol–water partition coefficient (Wildman–Crippen LogP) is 3.03. The van der Waals surface area contributed by atoms with Crippen LogP contribution in [0.25, 0.3) is 0 Å². The molecule has 96 valence electrons. The molecule has 0 spiro atoms. The van der Waals surface area contributed by atoms with Crippen molar-refractivity contribution in [1.82, 2.24) is 9.78 Å². The van der Waals surface area contributed by atoms with E-state index in [0.717, 1.165) is 29.3 Å². The fourth-order valence-corrected chi connectivity index (χ4v) is 2.22. The van der Waals surface area contributed by atoms with E-state index in [0.29, 0.717) is 0 Å². The molecule has 1 aromatic heterocycles. The van der Waals surface area contributed by atoms with Crippen molar-refractivity contribution in [2.45, 2.75) is 18.2 Å². The van der Waals surface area contributed by atoms with E-state index in [1.165, 1.54) is 4.90 Å². The summed E-state index contributed by atoms with van der Waals surface area (Å²) in [5.41, 5.74) is 8.75. The van der Waals surface area contributed by atoms with Crippen LogP contribution in [0.2, 0.25) is 0 Å². The van der Waals surface area contributed by atoms with Gasteiger partial charge in [0.05, 0.1) is 11.4 Å². The zero-order chi connectivity index (χ0) is 13.1. The van der Waals surface area contributed by atoms with Gasteiger partial charge >= 0.3 is 0 Å². The van der Waals surface area contributed by atoms with E-state index in [1.54, 1.807) is 16.4 Å². The zero-order valence-electron chi connectivity index (χ0n) is 10.9. The highest BCUT2D eigenvalue weighted by atomic mass is 32.2. The van der Waals surface area contributed by atoms with Crippen LogP contribution in [0.3, 0.4) is 0 Å². The Kier molecular flexibility index (Phi) is 3.81. The van der Waals surface area contributed by atoms with Crippen molar-refractivity contribution >= 4 is 29.0 Å². The largest absolute Gasteiger partial charge is 0.394 e. The summed E-state index contributed by atoms with van der Waals surface area (Å²) in [6, 6.07) is 8.26. The first kappa shape index (κ1) is 12.8. The summed E-state index contributed by atoms with van der Waals surface area (Å²) < 4.78 is 1.79. The molecule has 4 nitrogen and oxygen atoms in total. The summed E-state index contributed by atoms with van der Waals surface area (Å²) in [7, 11) is 1.90. The average molecular weight is 262 g/mol. The first-order valence-electron chi connectivity index (χ1n) is 5.88. The van der Waals surface area contributed by atoms with Gasteiger partial charge in [0.1, 0.15) is 0 Å². The molecule has 0 aliphatic rings. The number of aryl methyl sites for hydroxylation is 2. The van der Waals surface area contributed by atoms with E-state index in [4.69, 9.17) is 5.73 Å². The highest BCUT2D eigenvalue weighted by molar-refractivity contribution is 7.98. The third-order valence-electron chi connectivity index (χ3n) is 2.85. The van der Waals surface area contributed by atoms with Crippen molar-refractivity contribution < 1.29 is 0 Å². The minimum Gasteiger partial charge on any atom is -0.394 e. The van der Waals surface area contributed by atoms with Crippen molar-refractivity contribution in [2.75, 3.05) is 17.3 Å². The topological polar surface area (TPSA) is 55.9 Å². The monoisotopic (exact) mass is 262 g/mol. The number of hydrogen-bond donors (Lipinski definition) is 2. The Morgan fingerprint density at radius 3 is 2.50 bits per heavy atom. The number of rotatable bonds is 4. The number of benzene rings is 1. The van der Waals surface area contributed by atoms with Gasteiger partial charge in [0.15, 0.2) is 5.82 Å². The molecule has 2 rings (SSSR count). The molecule has 3 N–H and O–H groups in total. The van der Waals surface area contributed by atoms with Gasteiger partial charge in [-0.25, -0.2) is 0 Å². The summed E-state index contributed by atoms with van der Waals surface area (Å²) in [6.07, 6.45) is 2.90. The van der Waals surface area contributed by atoms with Gasteiger partial charge in [-0.1, -0.05) is 6.92 Å². The maximum atomic E-state index is 6.07. The van der Waals surface area contributed by atoms with E-state index in [2.05, 4.69) is 35.7 Å². The summed E-state index contributed by atoms with van der Waals surface area (Å²) in [5.74, 6) is 0.851. The third kappa shape index (κ3) is 2.46. The number of aromatic nitrogens is 2. The highest BCUT2D eigenvalue weighted by Gasteiger charge is 2.11. The molecule has 1 aromatic carbocycles.